The van der Waals surface area contributed by atoms with Crippen molar-refractivity contribution in [1.82, 2.24) is 19.4 Å². The van der Waals surface area contributed by atoms with Crippen LogP contribution in [-0.4, -0.2) is 62.4 Å². The number of aromatic carboxylic acids is 1. The highest BCUT2D eigenvalue weighted by molar-refractivity contribution is 5.92. The van der Waals surface area contributed by atoms with Crippen molar-refractivity contribution in [1.29, 1.82) is 5.26 Å². The Balaban J connectivity index is 1.03. The predicted octanol–water partition coefficient (Wildman–Crippen LogP) is 5.07. The third kappa shape index (κ3) is 5.49. The van der Waals surface area contributed by atoms with Crippen LogP contribution in [0.15, 0.2) is 48.5 Å². The summed E-state index contributed by atoms with van der Waals surface area (Å²) < 4.78 is 19.8. The normalized spacial score (nSPS) is 21.3. The number of benzene rings is 2. The van der Waals surface area contributed by atoms with E-state index in [0.29, 0.717) is 49.7 Å². The number of hydrogen-bond acceptors (Lipinski definition) is 8. The maximum absolute atomic E-state index is 11.7. The van der Waals surface area contributed by atoms with Crippen molar-refractivity contribution >= 4 is 17.0 Å². The summed E-state index contributed by atoms with van der Waals surface area (Å²) >= 11 is 0. The van der Waals surface area contributed by atoms with E-state index in [4.69, 9.17) is 24.2 Å². The summed E-state index contributed by atoms with van der Waals surface area (Å²) in [5.74, 6) is 1.67. The van der Waals surface area contributed by atoms with Crippen molar-refractivity contribution < 1.29 is 24.1 Å². The quantitative estimate of drug-likeness (QED) is 0.283. The molecule has 7 rings (SSSR count). The molecule has 3 aliphatic heterocycles. The van der Waals surface area contributed by atoms with Gasteiger partial charge in [0.25, 0.3) is 0 Å². The first-order chi connectivity index (χ1) is 21.5. The van der Waals surface area contributed by atoms with Crippen LogP contribution < -0.4 is 9.47 Å². The van der Waals surface area contributed by atoms with Crippen LogP contribution in [0.25, 0.3) is 11.0 Å². The summed E-state index contributed by atoms with van der Waals surface area (Å²) in [7, 11) is 0. The molecule has 10 heteroatoms. The van der Waals surface area contributed by atoms with Crippen LogP contribution in [0.1, 0.15) is 70.7 Å². The van der Waals surface area contributed by atoms with E-state index in [1.165, 1.54) is 0 Å². The lowest BCUT2D eigenvalue weighted by Gasteiger charge is -2.37. The maximum Gasteiger partial charge on any atom is 0.335 e. The van der Waals surface area contributed by atoms with E-state index in [1.54, 1.807) is 18.2 Å². The fourth-order valence-electron chi connectivity index (χ4n) is 6.64. The molecule has 0 aliphatic carbocycles. The van der Waals surface area contributed by atoms with Crippen LogP contribution in [0.2, 0.25) is 0 Å². The van der Waals surface area contributed by atoms with Gasteiger partial charge in [-0.05, 0) is 63.1 Å². The minimum Gasteiger partial charge on any atom is -0.492 e. The number of pyridine rings is 1. The highest BCUT2D eigenvalue weighted by Gasteiger charge is 2.30. The van der Waals surface area contributed by atoms with Crippen LogP contribution in [0.5, 0.6) is 11.6 Å². The molecule has 5 heterocycles. The molecule has 226 valence electrons. The van der Waals surface area contributed by atoms with Gasteiger partial charge in [-0.1, -0.05) is 12.1 Å². The summed E-state index contributed by atoms with van der Waals surface area (Å²) in [6, 6.07) is 17.4. The average Bonchev–Trinajstić information content (AvgIpc) is 3.64. The monoisotopic (exact) mass is 593 g/mol. The fourth-order valence-corrected chi connectivity index (χ4v) is 6.64. The number of rotatable bonds is 9. The van der Waals surface area contributed by atoms with Crippen molar-refractivity contribution in [2.45, 2.75) is 70.4 Å². The summed E-state index contributed by atoms with van der Waals surface area (Å²) in [5.41, 5.74) is 5.51. The van der Waals surface area contributed by atoms with Crippen molar-refractivity contribution in [3.05, 3.63) is 82.3 Å². The molecule has 1 unspecified atom stereocenters. The number of piperidine rings is 1. The number of carboxylic acid groups (broad SMARTS) is 1. The Morgan fingerprint density at radius 3 is 2.82 bits per heavy atom. The van der Waals surface area contributed by atoms with Gasteiger partial charge in [-0.3, -0.25) is 4.90 Å². The number of nitriles is 1. The molecule has 1 N–H and O–H groups in total. The molecule has 44 heavy (non-hydrogen) atoms. The fraction of sp³-hybridized carbons (Fsp3) is 0.412. The van der Waals surface area contributed by atoms with Gasteiger partial charge in [-0.25, -0.2) is 14.8 Å². The smallest absolute Gasteiger partial charge is 0.335 e. The molecule has 0 radical (unpaired) electrons. The second kappa shape index (κ2) is 11.9. The Bertz CT molecular complexity index is 1760. The van der Waals surface area contributed by atoms with E-state index in [-0.39, 0.29) is 11.7 Å². The summed E-state index contributed by atoms with van der Waals surface area (Å²) in [6.07, 6.45) is 3.80. The van der Waals surface area contributed by atoms with Crippen molar-refractivity contribution in [2.75, 3.05) is 19.8 Å². The lowest BCUT2D eigenvalue weighted by atomic mass is 9.88. The van der Waals surface area contributed by atoms with Crippen molar-refractivity contribution in [3.8, 4) is 17.7 Å². The zero-order valence-corrected chi connectivity index (χ0v) is 24.7. The molecule has 3 atom stereocenters. The molecule has 0 amide bonds. The molecule has 4 aromatic rings. The van der Waals surface area contributed by atoms with Crippen molar-refractivity contribution in [3.63, 3.8) is 0 Å². The first-order valence-corrected chi connectivity index (χ1v) is 15.3. The SMILES string of the molecule is C[C@H]1CC(c2cccc(OCc3ccc(C#N)c4c3OCC4)n2)CCN1Cc1nc2ccc(C(=O)O)cc2n1C[C@@H]1CCO1. The van der Waals surface area contributed by atoms with Gasteiger partial charge in [0.15, 0.2) is 0 Å². The van der Waals surface area contributed by atoms with Crippen molar-refractivity contribution in [2.24, 2.45) is 0 Å². The summed E-state index contributed by atoms with van der Waals surface area (Å²) in [4.78, 5) is 23.9. The molecule has 0 saturated carbocycles. The van der Waals surface area contributed by atoms with Crippen LogP contribution in [0.4, 0.5) is 0 Å². The molecule has 10 nitrogen and oxygen atoms in total. The molecular weight excluding hydrogens is 558 g/mol. The number of aromatic nitrogens is 3. The Labute approximate surface area is 255 Å². The predicted molar refractivity (Wildman–Crippen MR) is 162 cm³/mol. The highest BCUT2D eigenvalue weighted by Crippen LogP contribution is 2.35. The first-order valence-electron chi connectivity index (χ1n) is 15.3. The number of likely N-dealkylation sites (tertiary alicyclic amines) is 1. The Morgan fingerprint density at radius 1 is 1.16 bits per heavy atom. The lowest BCUT2D eigenvalue weighted by molar-refractivity contribution is -0.0592. The van der Waals surface area contributed by atoms with Gasteiger partial charge in [0, 0.05) is 47.9 Å². The standard InChI is InChI=1S/C34H35N5O5/c1-21-15-22(28-3-2-4-32(37-28)44-20-25-6-5-24(17-35)27-11-14-43-33(25)27)9-12-38(21)19-31-36-29-8-7-23(34(40)41)16-30(29)39(31)18-26-10-13-42-26/h2-8,16,21-22,26H,9-15,18-20H2,1H3,(H,40,41)/t21-,22?,26-/m0/s1. The van der Waals surface area contributed by atoms with Gasteiger partial charge in [-0.2, -0.15) is 5.26 Å². The van der Waals surface area contributed by atoms with Gasteiger partial charge in [0.05, 0.1) is 54.0 Å². The molecule has 0 spiro atoms. The third-order valence-electron chi connectivity index (χ3n) is 9.21. The van der Waals surface area contributed by atoms with Crippen LogP contribution in [0.3, 0.4) is 0 Å². The number of hydrogen-bond donors (Lipinski definition) is 1. The summed E-state index contributed by atoms with van der Waals surface area (Å²) in [6.45, 7) is 6.20. The minimum absolute atomic E-state index is 0.133. The van der Waals surface area contributed by atoms with Crippen LogP contribution in [0, 0.1) is 11.3 Å². The third-order valence-corrected chi connectivity index (χ3v) is 9.21. The van der Waals surface area contributed by atoms with E-state index < -0.39 is 5.97 Å². The second-order valence-electron chi connectivity index (χ2n) is 11.9. The van der Waals surface area contributed by atoms with Crippen LogP contribution >= 0.6 is 0 Å². The van der Waals surface area contributed by atoms with Gasteiger partial charge in [-0.15, -0.1) is 0 Å². The number of fused-ring (bicyclic) bond motifs is 2. The number of imidazole rings is 1. The largest absolute Gasteiger partial charge is 0.492 e. The number of ether oxygens (including phenoxy) is 3. The highest BCUT2D eigenvalue weighted by atomic mass is 16.5. The van der Waals surface area contributed by atoms with E-state index >= 15 is 0 Å². The van der Waals surface area contributed by atoms with Gasteiger partial charge < -0.3 is 23.9 Å². The average molecular weight is 594 g/mol. The minimum atomic E-state index is -0.938. The number of carboxylic acids is 1. The maximum atomic E-state index is 11.7. The summed E-state index contributed by atoms with van der Waals surface area (Å²) in [5, 5.41) is 19.0. The van der Waals surface area contributed by atoms with Gasteiger partial charge in [0.1, 0.15) is 18.2 Å². The lowest BCUT2D eigenvalue weighted by Crippen LogP contribution is -2.40. The van der Waals surface area contributed by atoms with Gasteiger partial charge >= 0.3 is 5.97 Å². The molecular formula is C34H35N5O5. The zero-order valence-electron chi connectivity index (χ0n) is 24.7. The molecule has 0 bridgehead atoms. The zero-order chi connectivity index (χ0) is 30.2. The van der Waals surface area contributed by atoms with E-state index in [9.17, 15) is 15.2 Å². The Kier molecular flexibility index (Phi) is 7.66. The van der Waals surface area contributed by atoms with Gasteiger partial charge in [0.2, 0.25) is 5.88 Å². The molecule has 3 aliphatic rings. The number of nitrogens with zero attached hydrogens (tertiary/aromatic N) is 5. The van der Waals surface area contributed by atoms with Crippen LogP contribution in [-0.2, 0) is 30.9 Å². The topological polar surface area (TPSA) is 123 Å². The molecule has 2 aromatic heterocycles. The van der Waals surface area contributed by atoms with E-state index in [2.05, 4.69) is 28.5 Å². The Hall–Kier alpha value is -4.46. The molecule has 2 aromatic carbocycles. The molecule has 2 fully saturated rings. The second-order valence-corrected chi connectivity index (χ2v) is 11.9. The number of carbonyl (C=O) groups is 1. The molecule has 2 saturated heterocycles. The van der Waals surface area contributed by atoms with E-state index in [0.717, 1.165) is 78.3 Å². The first kappa shape index (κ1) is 28.3. The Morgan fingerprint density at radius 2 is 2.05 bits per heavy atom. The van der Waals surface area contributed by atoms with E-state index in [1.807, 2.05) is 24.3 Å².